The van der Waals surface area contributed by atoms with Crippen LogP contribution in [0.15, 0.2) is 0 Å². The predicted molar refractivity (Wildman–Crippen MR) is 98.8 cm³/mol. The monoisotopic (exact) mass is 363 g/mol. The van der Waals surface area contributed by atoms with Crippen LogP contribution in [-0.4, -0.2) is 65.7 Å². The van der Waals surface area contributed by atoms with Crippen molar-refractivity contribution in [3.8, 4) is 0 Å². The summed E-state index contributed by atoms with van der Waals surface area (Å²) >= 11 is 0. The molecule has 0 saturated carbocycles. The SMILES string of the molecule is CCOC(=O)N1C2CCC1CC(N1CCC3(CC1)CC(=O)NC3CC)C2. The van der Waals surface area contributed by atoms with Gasteiger partial charge in [0.05, 0.1) is 6.61 Å². The van der Waals surface area contributed by atoms with Crippen LogP contribution in [0.2, 0.25) is 0 Å². The molecule has 2 bridgehead atoms. The minimum Gasteiger partial charge on any atom is -0.450 e. The Balaban J connectivity index is 1.37. The van der Waals surface area contributed by atoms with E-state index >= 15 is 0 Å². The lowest BCUT2D eigenvalue weighted by atomic mass is 9.71. The highest BCUT2D eigenvalue weighted by Gasteiger charge is 2.50. The lowest BCUT2D eigenvalue weighted by Crippen LogP contribution is -2.55. The van der Waals surface area contributed by atoms with E-state index in [-0.39, 0.29) is 17.4 Å². The van der Waals surface area contributed by atoms with E-state index in [1.54, 1.807) is 0 Å². The summed E-state index contributed by atoms with van der Waals surface area (Å²) in [6.45, 7) is 6.71. The van der Waals surface area contributed by atoms with Gasteiger partial charge in [0.25, 0.3) is 0 Å². The molecule has 0 radical (unpaired) electrons. The van der Waals surface area contributed by atoms with Gasteiger partial charge in [-0.15, -0.1) is 0 Å². The number of nitrogens with one attached hydrogen (secondary N) is 1. The van der Waals surface area contributed by atoms with Gasteiger partial charge < -0.3 is 19.9 Å². The number of amides is 2. The van der Waals surface area contributed by atoms with Gasteiger partial charge in [0, 0.05) is 36.0 Å². The summed E-state index contributed by atoms with van der Waals surface area (Å²) in [4.78, 5) is 28.9. The van der Waals surface area contributed by atoms with Crippen LogP contribution >= 0.6 is 0 Å². The van der Waals surface area contributed by atoms with E-state index in [1.165, 1.54) is 0 Å². The van der Waals surface area contributed by atoms with Crippen LogP contribution in [0.5, 0.6) is 0 Å². The second-order valence-electron chi connectivity index (χ2n) is 8.72. The predicted octanol–water partition coefficient (Wildman–Crippen LogP) is 2.52. The maximum atomic E-state index is 12.3. The van der Waals surface area contributed by atoms with Gasteiger partial charge in [0.2, 0.25) is 5.91 Å². The molecule has 0 aromatic carbocycles. The number of rotatable bonds is 3. The number of ether oxygens (including phenoxy) is 1. The van der Waals surface area contributed by atoms with Gasteiger partial charge in [-0.05, 0) is 65.0 Å². The maximum absolute atomic E-state index is 12.3. The van der Waals surface area contributed by atoms with Gasteiger partial charge in [-0.3, -0.25) is 4.79 Å². The highest BCUT2D eigenvalue weighted by Crippen LogP contribution is 2.45. The molecule has 26 heavy (non-hydrogen) atoms. The Hall–Kier alpha value is -1.30. The van der Waals surface area contributed by atoms with Crippen LogP contribution in [-0.2, 0) is 9.53 Å². The van der Waals surface area contributed by atoms with Crippen LogP contribution in [0.1, 0.15) is 65.2 Å². The number of carbonyl (C=O) groups is 2. The molecule has 1 spiro atoms. The Morgan fingerprint density at radius 2 is 1.81 bits per heavy atom. The molecule has 3 unspecified atom stereocenters. The fourth-order valence-electron chi connectivity index (χ4n) is 6.18. The average Bonchev–Trinajstić information content (AvgIpc) is 3.08. The molecule has 6 heteroatoms. The molecule has 0 aromatic rings. The Morgan fingerprint density at radius 3 is 2.38 bits per heavy atom. The van der Waals surface area contributed by atoms with Crippen LogP contribution in [0.25, 0.3) is 0 Å². The van der Waals surface area contributed by atoms with Crippen molar-refractivity contribution < 1.29 is 14.3 Å². The fourth-order valence-corrected chi connectivity index (χ4v) is 6.18. The van der Waals surface area contributed by atoms with Gasteiger partial charge >= 0.3 is 6.09 Å². The molecule has 2 amide bonds. The minimum absolute atomic E-state index is 0.114. The summed E-state index contributed by atoms with van der Waals surface area (Å²) in [6, 6.07) is 1.65. The van der Waals surface area contributed by atoms with E-state index in [0.29, 0.717) is 37.2 Å². The number of piperidine rings is 2. The van der Waals surface area contributed by atoms with Crippen molar-refractivity contribution in [2.45, 2.75) is 89.4 Å². The Bertz CT molecular complexity index is 545. The molecule has 3 atom stereocenters. The Labute approximate surface area is 156 Å². The largest absolute Gasteiger partial charge is 0.450 e. The number of likely N-dealkylation sites (tertiary alicyclic amines) is 1. The minimum atomic E-state index is -0.114. The first kappa shape index (κ1) is 18.1. The normalized spacial score (nSPS) is 36.4. The molecule has 4 saturated heterocycles. The molecule has 4 rings (SSSR count). The van der Waals surface area contributed by atoms with Crippen LogP contribution in [0.4, 0.5) is 4.79 Å². The molecular formula is C20H33N3O3. The standard InChI is InChI=1S/C20H33N3O3/c1-3-17-20(13-18(24)21-17)7-9-22(10-8-20)16-11-14-5-6-15(12-16)23(14)19(25)26-4-2/h14-17H,3-13H2,1-2H3,(H,21,24). The first-order chi connectivity index (χ1) is 12.6. The van der Waals surface area contributed by atoms with Crippen molar-refractivity contribution >= 4 is 12.0 Å². The van der Waals surface area contributed by atoms with Crippen molar-refractivity contribution in [2.24, 2.45) is 5.41 Å². The number of hydrogen-bond acceptors (Lipinski definition) is 4. The van der Waals surface area contributed by atoms with Gasteiger partial charge in [0.15, 0.2) is 0 Å². The molecule has 0 aromatic heterocycles. The van der Waals surface area contributed by atoms with E-state index in [4.69, 9.17) is 4.74 Å². The van der Waals surface area contributed by atoms with Crippen molar-refractivity contribution in [1.29, 1.82) is 0 Å². The summed E-state index contributed by atoms with van der Waals surface area (Å²) in [5.74, 6) is 0.242. The van der Waals surface area contributed by atoms with Gasteiger partial charge in [-0.2, -0.15) is 0 Å². The topological polar surface area (TPSA) is 61.9 Å². The third-order valence-electron chi connectivity index (χ3n) is 7.49. The highest BCUT2D eigenvalue weighted by molar-refractivity contribution is 5.80. The van der Waals surface area contributed by atoms with Gasteiger partial charge in [-0.25, -0.2) is 4.79 Å². The third-order valence-corrected chi connectivity index (χ3v) is 7.49. The molecule has 146 valence electrons. The van der Waals surface area contributed by atoms with E-state index < -0.39 is 0 Å². The van der Waals surface area contributed by atoms with Crippen molar-refractivity contribution in [1.82, 2.24) is 15.1 Å². The zero-order valence-corrected chi connectivity index (χ0v) is 16.2. The quantitative estimate of drug-likeness (QED) is 0.837. The average molecular weight is 364 g/mol. The second kappa shape index (κ2) is 7.02. The van der Waals surface area contributed by atoms with Crippen molar-refractivity contribution in [3.63, 3.8) is 0 Å². The molecule has 4 heterocycles. The lowest BCUT2D eigenvalue weighted by Gasteiger charge is -2.48. The summed E-state index contributed by atoms with van der Waals surface area (Å²) < 4.78 is 5.27. The van der Waals surface area contributed by atoms with Crippen molar-refractivity contribution in [2.75, 3.05) is 19.7 Å². The Morgan fingerprint density at radius 1 is 1.15 bits per heavy atom. The summed E-state index contributed by atoms with van der Waals surface area (Å²) in [5.41, 5.74) is 0.187. The van der Waals surface area contributed by atoms with E-state index in [0.717, 1.165) is 58.0 Å². The van der Waals surface area contributed by atoms with Crippen LogP contribution in [0.3, 0.4) is 0 Å². The first-order valence-corrected chi connectivity index (χ1v) is 10.5. The second-order valence-corrected chi connectivity index (χ2v) is 8.72. The van der Waals surface area contributed by atoms with E-state index in [2.05, 4.69) is 17.1 Å². The third kappa shape index (κ3) is 3.00. The fraction of sp³-hybridized carbons (Fsp3) is 0.900. The molecule has 4 aliphatic rings. The number of carbonyl (C=O) groups excluding carboxylic acids is 2. The van der Waals surface area contributed by atoms with Crippen LogP contribution in [0, 0.1) is 5.41 Å². The number of nitrogens with zero attached hydrogens (tertiary/aromatic N) is 2. The zero-order valence-electron chi connectivity index (χ0n) is 16.2. The number of hydrogen-bond donors (Lipinski definition) is 1. The summed E-state index contributed by atoms with van der Waals surface area (Å²) in [7, 11) is 0. The smallest absolute Gasteiger partial charge is 0.410 e. The molecule has 4 aliphatic heterocycles. The lowest BCUT2D eigenvalue weighted by molar-refractivity contribution is -0.120. The number of fused-ring (bicyclic) bond motifs is 2. The van der Waals surface area contributed by atoms with Gasteiger partial charge in [0.1, 0.15) is 0 Å². The van der Waals surface area contributed by atoms with E-state index in [1.807, 2.05) is 11.8 Å². The summed E-state index contributed by atoms with van der Waals surface area (Å²) in [6.07, 6.45) is 8.28. The molecule has 4 fully saturated rings. The van der Waals surface area contributed by atoms with Crippen LogP contribution < -0.4 is 5.32 Å². The first-order valence-electron chi connectivity index (χ1n) is 10.5. The molecule has 0 aliphatic carbocycles. The Kier molecular flexibility index (Phi) is 4.88. The van der Waals surface area contributed by atoms with Crippen molar-refractivity contribution in [3.05, 3.63) is 0 Å². The van der Waals surface area contributed by atoms with Gasteiger partial charge in [-0.1, -0.05) is 6.92 Å². The molecule has 1 N–H and O–H groups in total. The molecular weight excluding hydrogens is 330 g/mol. The summed E-state index contributed by atoms with van der Waals surface area (Å²) in [5, 5.41) is 3.20. The molecule has 6 nitrogen and oxygen atoms in total. The zero-order chi connectivity index (χ0) is 18.3. The highest BCUT2D eigenvalue weighted by atomic mass is 16.6. The van der Waals surface area contributed by atoms with E-state index in [9.17, 15) is 9.59 Å². The maximum Gasteiger partial charge on any atom is 0.410 e.